The molecule has 0 saturated heterocycles. The van der Waals surface area contributed by atoms with Crippen molar-refractivity contribution in [3.63, 3.8) is 0 Å². The number of hydrogen-bond acceptors (Lipinski definition) is 3. The highest BCUT2D eigenvalue weighted by molar-refractivity contribution is 5.56. The molecule has 2 aromatic heterocycles. The van der Waals surface area contributed by atoms with Crippen LogP contribution in [0.25, 0.3) is 5.69 Å². The van der Waals surface area contributed by atoms with Crippen LogP contribution in [-0.4, -0.2) is 14.5 Å². The van der Waals surface area contributed by atoms with Gasteiger partial charge in [-0.3, -0.25) is 4.98 Å². The lowest BCUT2D eigenvalue weighted by molar-refractivity contribution is 0.968. The lowest BCUT2D eigenvalue weighted by Gasteiger charge is -2.06. The summed E-state index contributed by atoms with van der Waals surface area (Å²) in [5, 5.41) is 0. The first-order chi connectivity index (χ1) is 6.29. The van der Waals surface area contributed by atoms with Crippen molar-refractivity contribution in [2.75, 3.05) is 5.73 Å². The third kappa shape index (κ3) is 1.26. The van der Waals surface area contributed by atoms with Gasteiger partial charge in [-0.05, 0) is 13.0 Å². The fraction of sp³-hybridized carbons (Fsp3) is 0.111. The molecule has 0 fully saturated rings. The maximum absolute atomic E-state index is 5.79. The Hall–Kier alpha value is -1.84. The van der Waals surface area contributed by atoms with Gasteiger partial charge < -0.3 is 10.3 Å². The predicted molar refractivity (Wildman–Crippen MR) is 50.5 cm³/mol. The maximum Gasteiger partial charge on any atom is 0.110 e. The van der Waals surface area contributed by atoms with Crippen molar-refractivity contribution in [1.82, 2.24) is 14.5 Å². The lowest BCUT2D eigenvalue weighted by atomic mass is 10.3. The highest BCUT2D eigenvalue weighted by Crippen LogP contribution is 2.15. The third-order valence-electron chi connectivity index (χ3n) is 1.92. The first-order valence-electron chi connectivity index (χ1n) is 3.99. The van der Waals surface area contributed by atoms with Crippen LogP contribution in [0.5, 0.6) is 0 Å². The standard InChI is InChI=1S/C9H10N4/c1-7-12-4-5-13(7)9-6-11-3-2-8(9)10/h2-6H,1H3,(H2,10,11). The highest BCUT2D eigenvalue weighted by atomic mass is 15.1. The molecule has 0 amide bonds. The van der Waals surface area contributed by atoms with Crippen molar-refractivity contribution in [3.05, 3.63) is 36.7 Å². The molecule has 2 aromatic rings. The van der Waals surface area contributed by atoms with Gasteiger partial charge in [0.15, 0.2) is 0 Å². The van der Waals surface area contributed by atoms with E-state index < -0.39 is 0 Å². The maximum atomic E-state index is 5.79. The Morgan fingerprint density at radius 3 is 2.85 bits per heavy atom. The third-order valence-corrected chi connectivity index (χ3v) is 1.92. The molecule has 0 aliphatic heterocycles. The van der Waals surface area contributed by atoms with E-state index in [4.69, 9.17) is 5.73 Å². The van der Waals surface area contributed by atoms with Crippen LogP contribution in [0, 0.1) is 6.92 Å². The van der Waals surface area contributed by atoms with Gasteiger partial charge in [-0.15, -0.1) is 0 Å². The van der Waals surface area contributed by atoms with Gasteiger partial charge in [0.2, 0.25) is 0 Å². The van der Waals surface area contributed by atoms with E-state index in [-0.39, 0.29) is 0 Å². The smallest absolute Gasteiger partial charge is 0.110 e. The SMILES string of the molecule is Cc1nccn1-c1cnccc1N. The summed E-state index contributed by atoms with van der Waals surface area (Å²) in [5.41, 5.74) is 7.37. The number of rotatable bonds is 1. The minimum Gasteiger partial charge on any atom is -0.397 e. The van der Waals surface area contributed by atoms with E-state index in [0.29, 0.717) is 5.69 Å². The second-order valence-corrected chi connectivity index (χ2v) is 2.78. The summed E-state index contributed by atoms with van der Waals surface area (Å²) in [5.74, 6) is 0.903. The number of hydrogen-bond donors (Lipinski definition) is 1. The van der Waals surface area contributed by atoms with Crippen molar-refractivity contribution in [2.45, 2.75) is 6.92 Å². The molecule has 2 N–H and O–H groups in total. The van der Waals surface area contributed by atoms with Crippen molar-refractivity contribution in [1.29, 1.82) is 0 Å². The number of nitrogens with two attached hydrogens (primary N) is 1. The molecule has 0 aliphatic carbocycles. The number of anilines is 1. The van der Waals surface area contributed by atoms with Gasteiger partial charge in [-0.25, -0.2) is 4.98 Å². The molecule has 0 bridgehead atoms. The quantitative estimate of drug-likeness (QED) is 0.705. The van der Waals surface area contributed by atoms with Crippen molar-refractivity contribution in [3.8, 4) is 5.69 Å². The normalized spacial score (nSPS) is 10.2. The van der Waals surface area contributed by atoms with Gasteiger partial charge in [0.1, 0.15) is 5.82 Å². The largest absolute Gasteiger partial charge is 0.397 e. The first kappa shape index (κ1) is 7.79. The fourth-order valence-corrected chi connectivity index (χ4v) is 1.23. The van der Waals surface area contributed by atoms with E-state index in [1.165, 1.54) is 0 Å². The summed E-state index contributed by atoms with van der Waals surface area (Å²) in [6, 6.07) is 1.77. The van der Waals surface area contributed by atoms with Gasteiger partial charge in [0, 0.05) is 18.6 Å². The van der Waals surface area contributed by atoms with Crippen LogP contribution >= 0.6 is 0 Å². The van der Waals surface area contributed by atoms with Crippen LogP contribution < -0.4 is 5.73 Å². The van der Waals surface area contributed by atoms with Crippen molar-refractivity contribution >= 4 is 5.69 Å². The number of nitrogen functional groups attached to an aromatic ring is 1. The van der Waals surface area contributed by atoms with Crippen molar-refractivity contribution in [2.24, 2.45) is 0 Å². The predicted octanol–water partition coefficient (Wildman–Crippen LogP) is 1.16. The van der Waals surface area contributed by atoms with E-state index in [9.17, 15) is 0 Å². The molecule has 0 aliphatic rings. The zero-order chi connectivity index (χ0) is 9.26. The Morgan fingerprint density at radius 2 is 2.23 bits per heavy atom. The van der Waals surface area contributed by atoms with Crippen LogP contribution in [0.15, 0.2) is 30.9 Å². The molecule has 0 spiro atoms. The van der Waals surface area contributed by atoms with E-state index in [1.54, 1.807) is 24.7 Å². The first-order valence-corrected chi connectivity index (χ1v) is 3.99. The van der Waals surface area contributed by atoms with E-state index in [1.807, 2.05) is 17.7 Å². The molecule has 2 rings (SSSR count). The second-order valence-electron chi connectivity index (χ2n) is 2.78. The summed E-state index contributed by atoms with van der Waals surface area (Å²) in [4.78, 5) is 8.13. The molecule has 13 heavy (non-hydrogen) atoms. The van der Waals surface area contributed by atoms with Crippen LogP contribution in [0.3, 0.4) is 0 Å². The van der Waals surface area contributed by atoms with E-state index >= 15 is 0 Å². The molecule has 0 unspecified atom stereocenters. The number of imidazole rings is 1. The molecule has 4 nitrogen and oxygen atoms in total. The summed E-state index contributed by atoms with van der Waals surface area (Å²) in [6.07, 6.45) is 7.00. The van der Waals surface area contributed by atoms with Crippen molar-refractivity contribution < 1.29 is 0 Å². The molecule has 0 saturated carbocycles. The summed E-state index contributed by atoms with van der Waals surface area (Å²) in [7, 11) is 0. The summed E-state index contributed by atoms with van der Waals surface area (Å²) < 4.78 is 1.91. The zero-order valence-corrected chi connectivity index (χ0v) is 7.31. The van der Waals surface area contributed by atoms with Crippen LogP contribution in [0.2, 0.25) is 0 Å². The molecule has 2 heterocycles. The number of pyridine rings is 1. The molecule has 0 radical (unpaired) electrons. The zero-order valence-electron chi connectivity index (χ0n) is 7.31. The van der Waals surface area contributed by atoms with E-state index in [2.05, 4.69) is 9.97 Å². The Balaban J connectivity index is 2.59. The molecule has 0 aromatic carbocycles. The highest BCUT2D eigenvalue weighted by Gasteiger charge is 2.02. The van der Waals surface area contributed by atoms with E-state index in [0.717, 1.165) is 11.5 Å². The van der Waals surface area contributed by atoms with Gasteiger partial charge in [-0.1, -0.05) is 0 Å². The molecular formula is C9H10N4. The average molecular weight is 174 g/mol. The number of nitrogens with zero attached hydrogens (tertiary/aromatic N) is 3. The number of aromatic nitrogens is 3. The lowest BCUT2D eigenvalue weighted by Crippen LogP contribution is -2.00. The topological polar surface area (TPSA) is 56.7 Å². The molecule has 66 valence electrons. The summed E-state index contributed by atoms with van der Waals surface area (Å²) >= 11 is 0. The molecule has 0 atom stereocenters. The van der Waals surface area contributed by atoms with Gasteiger partial charge >= 0.3 is 0 Å². The molecular weight excluding hydrogens is 164 g/mol. The van der Waals surface area contributed by atoms with Gasteiger partial charge in [0.05, 0.1) is 17.6 Å². The fourth-order valence-electron chi connectivity index (χ4n) is 1.23. The Labute approximate surface area is 76.1 Å². The van der Waals surface area contributed by atoms with Crippen LogP contribution in [0.1, 0.15) is 5.82 Å². The minimum atomic E-state index is 0.705. The van der Waals surface area contributed by atoms with Gasteiger partial charge in [-0.2, -0.15) is 0 Å². The van der Waals surface area contributed by atoms with Gasteiger partial charge in [0.25, 0.3) is 0 Å². The Bertz CT molecular complexity index is 419. The number of aryl methyl sites for hydroxylation is 1. The second kappa shape index (κ2) is 2.90. The Kier molecular flexibility index (Phi) is 1.73. The Morgan fingerprint density at radius 1 is 1.38 bits per heavy atom. The monoisotopic (exact) mass is 174 g/mol. The van der Waals surface area contributed by atoms with Crippen LogP contribution in [0.4, 0.5) is 5.69 Å². The van der Waals surface area contributed by atoms with Crippen LogP contribution in [-0.2, 0) is 0 Å². The minimum absolute atomic E-state index is 0.705. The molecule has 4 heteroatoms. The summed E-state index contributed by atoms with van der Waals surface area (Å²) in [6.45, 7) is 1.92. The average Bonchev–Trinajstić information content (AvgIpc) is 2.52.